The number of carbonyl (C=O) groups is 1. The van der Waals surface area contributed by atoms with Gasteiger partial charge in [-0.05, 0) is 25.1 Å². The summed E-state index contributed by atoms with van der Waals surface area (Å²) in [5.74, 6) is -0.327. The predicted molar refractivity (Wildman–Crippen MR) is 54.3 cm³/mol. The number of carbonyl (C=O) groups excluding carboxylic acids is 1. The number of aromatic amines is 1. The van der Waals surface area contributed by atoms with Crippen molar-refractivity contribution in [2.75, 3.05) is 0 Å². The van der Waals surface area contributed by atoms with Crippen molar-refractivity contribution >= 4 is 16.9 Å². The summed E-state index contributed by atoms with van der Waals surface area (Å²) in [5, 5.41) is 0.728. The maximum absolute atomic E-state index is 13.0. The molecule has 4 heteroatoms. The Morgan fingerprint density at radius 1 is 1.47 bits per heavy atom. The highest BCUT2D eigenvalue weighted by Gasteiger charge is 2.10. The second-order valence-electron chi connectivity index (χ2n) is 3.36. The van der Waals surface area contributed by atoms with Gasteiger partial charge in [-0.3, -0.25) is 4.79 Å². The van der Waals surface area contributed by atoms with Crippen LogP contribution in [0.15, 0.2) is 18.2 Å². The fourth-order valence-electron chi connectivity index (χ4n) is 1.52. The van der Waals surface area contributed by atoms with Gasteiger partial charge in [-0.1, -0.05) is 0 Å². The van der Waals surface area contributed by atoms with E-state index in [2.05, 4.69) is 4.98 Å². The summed E-state index contributed by atoms with van der Waals surface area (Å²) in [6.07, 6.45) is 0. The van der Waals surface area contributed by atoms with Crippen LogP contribution >= 0.6 is 0 Å². The molecule has 0 aliphatic rings. The molecular weight excluding hydrogens is 197 g/mol. The van der Waals surface area contributed by atoms with Crippen molar-refractivity contribution in [3.05, 3.63) is 29.6 Å². The van der Waals surface area contributed by atoms with E-state index < -0.39 is 5.97 Å². The number of aryl methyl sites for hydroxylation is 1. The van der Waals surface area contributed by atoms with Crippen molar-refractivity contribution < 1.29 is 13.9 Å². The second-order valence-corrected chi connectivity index (χ2v) is 3.36. The van der Waals surface area contributed by atoms with Crippen molar-refractivity contribution in [2.24, 2.45) is 0 Å². The minimum absolute atomic E-state index is 0.307. The monoisotopic (exact) mass is 207 g/mol. The fraction of sp³-hybridized carbons (Fsp3) is 0.182. The normalized spacial score (nSPS) is 10.6. The third kappa shape index (κ3) is 1.70. The summed E-state index contributed by atoms with van der Waals surface area (Å²) in [6.45, 7) is 3.10. The van der Waals surface area contributed by atoms with E-state index in [0.29, 0.717) is 5.88 Å². The maximum atomic E-state index is 13.0. The molecule has 0 saturated heterocycles. The lowest BCUT2D eigenvalue weighted by Crippen LogP contribution is -2.02. The molecule has 1 N–H and O–H groups in total. The molecule has 0 bridgehead atoms. The van der Waals surface area contributed by atoms with Crippen molar-refractivity contribution in [3.63, 3.8) is 0 Å². The van der Waals surface area contributed by atoms with E-state index in [1.807, 2.05) is 0 Å². The third-order valence-corrected chi connectivity index (χ3v) is 2.22. The zero-order valence-electron chi connectivity index (χ0n) is 8.43. The third-order valence-electron chi connectivity index (χ3n) is 2.22. The Labute approximate surface area is 85.9 Å². The molecule has 3 nitrogen and oxygen atoms in total. The highest BCUT2D eigenvalue weighted by atomic mass is 19.1. The number of benzene rings is 1. The molecule has 0 aliphatic heterocycles. The Kier molecular flexibility index (Phi) is 2.19. The molecule has 78 valence electrons. The van der Waals surface area contributed by atoms with Crippen molar-refractivity contribution in [1.82, 2.24) is 4.98 Å². The van der Waals surface area contributed by atoms with E-state index in [1.54, 1.807) is 13.0 Å². The number of hydrogen-bond donors (Lipinski definition) is 1. The molecule has 0 radical (unpaired) electrons. The SMILES string of the molecule is CC(=O)Oc1[nH]c2ccc(F)cc2c1C. The quantitative estimate of drug-likeness (QED) is 0.730. The zero-order valence-corrected chi connectivity index (χ0v) is 8.43. The van der Waals surface area contributed by atoms with Crippen molar-refractivity contribution in [1.29, 1.82) is 0 Å². The van der Waals surface area contributed by atoms with Crippen LogP contribution in [0.25, 0.3) is 10.9 Å². The number of H-pyrrole nitrogens is 1. The first-order valence-electron chi connectivity index (χ1n) is 4.54. The van der Waals surface area contributed by atoms with Crippen LogP contribution in [-0.2, 0) is 4.79 Å². The molecule has 1 heterocycles. The van der Waals surface area contributed by atoms with Crippen LogP contribution in [0.1, 0.15) is 12.5 Å². The first kappa shape index (κ1) is 9.71. The van der Waals surface area contributed by atoms with Gasteiger partial charge in [-0.2, -0.15) is 0 Å². The minimum Gasteiger partial charge on any atom is -0.409 e. The Morgan fingerprint density at radius 2 is 2.20 bits per heavy atom. The number of rotatable bonds is 1. The van der Waals surface area contributed by atoms with Gasteiger partial charge in [-0.25, -0.2) is 4.39 Å². The Hall–Kier alpha value is -1.84. The van der Waals surface area contributed by atoms with Crippen molar-refractivity contribution in [2.45, 2.75) is 13.8 Å². The van der Waals surface area contributed by atoms with Crippen LogP contribution in [0.3, 0.4) is 0 Å². The molecule has 0 aliphatic carbocycles. The Morgan fingerprint density at radius 3 is 2.87 bits per heavy atom. The zero-order chi connectivity index (χ0) is 11.0. The van der Waals surface area contributed by atoms with E-state index in [4.69, 9.17) is 4.74 Å². The summed E-state index contributed by atoms with van der Waals surface area (Å²) in [6, 6.07) is 4.38. The van der Waals surface area contributed by atoms with Gasteiger partial charge in [0, 0.05) is 23.4 Å². The second kappa shape index (κ2) is 3.38. The predicted octanol–water partition coefficient (Wildman–Crippen LogP) is 2.54. The molecule has 15 heavy (non-hydrogen) atoms. The van der Waals surface area contributed by atoms with Crippen LogP contribution in [0, 0.1) is 12.7 Å². The summed E-state index contributed by atoms with van der Waals surface area (Å²) >= 11 is 0. The number of ether oxygens (including phenoxy) is 1. The molecule has 0 fully saturated rings. The van der Waals surface area contributed by atoms with Crippen LogP contribution in [0.4, 0.5) is 4.39 Å². The summed E-state index contributed by atoms with van der Waals surface area (Å²) in [5.41, 5.74) is 1.49. The number of halogens is 1. The van der Waals surface area contributed by atoms with E-state index >= 15 is 0 Å². The van der Waals surface area contributed by atoms with Gasteiger partial charge >= 0.3 is 5.97 Å². The molecule has 0 spiro atoms. The first-order chi connectivity index (χ1) is 7.08. The van der Waals surface area contributed by atoms with Gasteiger partial charge in [0.15, 0.2) is 0 Å². The molecule has 1 aromatic heterocycles. The van der Waals surface area contributed by atoms with Gasteiger partial charge in [0.25, 0.3) is 0 Å². The van der Waals surface area contributed by atoms with Gasteiger partial charge in [-0.15, -0.1) is 0 Å². The largest absolute Gasteiger partial charge is 0.409 e. The number of aromatic nitrogens is 1. The molecule has 0 amide bonds. The van der Waals surface area contributed by atoms with E-state index in [1.165, 1.54) is 19.1 Å². The van der Waals surface area contributed by atoms with Gasteiger partial charge in [0.2, 0.25) is 5.88 Å². The summed E-state index contributed by atoms with van der Waals surface area (Å²) in [7, 11) is 0. The van der Waals surface area contributed by atoms with E-state index in [0.717, 1.165) is 16.5 Å². The smallest absolute Gasteiger partial charge is 0.309 e. The number of esters is 1. The standard InChI is InChI=1S/C11H10FNO2/c1-6-9-5-8(12)3-4-10(9)13-11(6)15-7(2)14/h3-5,13H,1-2H3. The molecular formula is C11H10FNO2. The summed E-state index contributed by atoms with van der Waals surface area (Å²) < 4.78 is 17.9. The lowest BCUT2D eigenvalue weighted by molar-refractivity contribution is -0.132. The number of fused-ring (bicyclic) bond motifs is 1. The van der Waals surface area contributed by atoms with Crippen LogP contribution in [0.5, 0.6) is 5.88 Å². The van der Waals surface area contributed by atoms with Gasteiger partial charge in [0.1, 0.15) is 5.82 Å². The van der Waals surface area contributed by atoms with Gasteiger partial charge < -0.3 is 9.72 Å². The maximum Gasteiger partial charge on any atom is 0.309 e. The fourth-order valence-corrected chi connectivity index (χ4v) is 1.52. The summed E-state index contributed by atoms with van der Waals surface area (Å²) in [4.78, 5) is 13.7. The molecule has 2 rings (SSSR count). The lowest BCUT2D eigenvalue weighted by Gasteiger charge is -1.97. The van der Waals surface area contributed by atoms with E-state index in [9.17, 15) is 9.18 Å². The average Bonchev–Trinajstić information content (AvgIpc) is 2.44. The number of hydrogen-bond acceptors (Lipinski definition) is 2. The van der Waals surface area contributed by atoms with Crippen LogP contribution < -0.4 is 4.74 Å². The molecule has 0 atom stereocenters. The molecule has 0 saturated carbocycles. The minimum atomic E-state index is -0.398. The average molecular weight is 207 g/mol. The van der Waals surface area contributed by atoms with E-state index in [-0.39, 0.29) is 5.82 Å². The highest BCUT2D eigenvalue weighted by Crippen LogP contribution is 2.27. The van der Waals surface area contributed by atoms with Crippen LogP contribution in [0.2, 0.25) is 0 Å². The first-order valence-corrected chi connectivity index (χ1v) is 4.54. The number of nitrogens with one attached hydrogen (secondary N) is 1. The Bertz CT molecular complexity index is 531. The Balaban J connectivity index is 2.59. The van der Waals surface area contributed by atoms with Gasteiger partial charge in [0.05, 0.1) is 0 Å². The molecule has 1 aromatic carbocycles. The topological polar surface area (TPSA) is 42.1 Å². The molecule has 2 aromatic rings. The lowest BCUT2D eigenvalue weighted by atomic mass is 10.2. The highest BCUT2D eigenvalue weighted by molar-refractivity contribution is 5.86. The van der Waals surface area contributed by atoms with Crippen LogP contribution in [-0.4, -0.2) is 11.0 Å². The molecule has 0 unspecified atom stereocenters. The van der Waals surface area contributed by atoms with Crippen molar-refractivity contribution in [3.8, 4) is 5.88 Å².